The van der Waals surface area contributed by atoms with Crippen LogP contribution in [0.3, 0.4) is 0 Å². The van der Waals surface area contributed by atoms with Crippen molar-refractivity contribution in [1.29, 1.82) is 0 Å². The van der Waals surface area contributed by atoms with Gasteiger partial charge in [0.1, 0.15) is 5.75 Å². The third-order valence-electron chi connectivity index (χ3n) is 4.53. The fourth-order valence-corrected chi connectivity index (χ4v) is 3.98. The standard InChI is InChI=1S/C23H18Cl2N4O2S/c1-31-20-12-2-15(3-13-20)22-27-28-23(29(22)19-10-6-17(25)7-11-19)32-14-21(30)26-18-8-4-16(24)5-9-18/h2-13H,14H2,1H3,(H,26,30). The van der Waals surface area contributed by atoms with Crippen LogP contribution < -0.4 is 10.1 Å². The van der Waals surface area contributed by atoms with Crippen LogP contribution in [0.5, 0.6) is 5.75 Å². The van der Waals surface area contributed by atoms with Gasteiger partial charge in [0, 0.05) is 27.0 Å². The number of ether oxygens (including phenoxy) is 1. The first-order chi connectivity index (χ1) is 15.5. The van der Waals surface area contributed by atoms with E-state index in [1.54, 1.807) is 43.5 Å². The fraction of sp³-hybridized carbons (Fsp3) is 0.0870. The normalized spacial score (nSPS) is 10.7. The Bertz CT molecular complexity index is 1210. The Balaban J connectivity index is 1.59. The lowest BCUT2D eigenvalue weighted by Gasteiger charge is -2.11. The summed E-state index contributed by atoms with van der Waals surface area (Å²) in [4.78, 5) is 12.5. The summed E-state index contributed by atoms with van der Waals surface area (Å²) in [6.45, 7) is 0. The van der Waals surface area contributed by atoms with Gasteiger partial charge in [-0.15, -0.1) is 10.2 Å². The monoisotopic (exact) mass is 484 g/mol. The van der Waals surface area contributed by atoms with Gasteiger partial charge in [-0.1, -0.05) is 35.0 Å². The molecule has 162 valence electrons. The zero-order valence-corrected chi connectivity index (χ0v) is 19.3. The number of hydrogen-bond acceptors (Lipinski definition) is 5. The van der Waals surface area contributed by atoms with Gasteiger partial charge in [0.25, 0.3) is 0 Å². The first-order valence-electron chi connectivity index (χ1n) is 9.57. The molecule has 9 heteroatoms. The highest BCUT2D eigenvalue weighted by Gasteiger charge is 2.17. The number of thioether (sulfide) groups is 1. The number of aromatic nitrogens is 3. The molecular weight excluding hydrogens is 467 g/mol. The van der Waals surface area contributed by atoms with Gasteiger partial charge in [-0.25, -0.2) is 0 Å². The zero-order chi connectivity index (χ0) is 22.5. The van der Waals surface area contributed by atoms with Gasteiger partial charge in [0.2, 0.25) is 5.91 Å². The van der Waals surface area contributed by atoms with Gasteiger partial charge in [-0.3, -0.25) is 9.36 Å². The minimum absolute atomic E-state index is 0.158. The Kier molecular flexibility index (Phi) is 6.99. The number of benzene rings is 3. The van der Waals surface area contributed by atoms with Crippen molar-refractivity contribution in [3.63, 3.8) is 0 Å². The topological polar surface area (TPSA) is 69.0 Å². The molecule has 6 nitrogen and oxygen atoms in total. The molecule has 32 heavy (non-hydrogen) atoms. The number of carbonyl (C=O) groups is 1. The van der Waals surface area contributed by atoms with E-state index >= 15 is 0 Å². The molecule has 4 aromatic rings. The number of halogens is 2. The van der Waals surface area contributed by atoms with Crippen molar-refractivity contribution in [2.45, 2.75) is 5.16 Å². The summed E-state index contributed by atoms with van der Waals surface area (Å²) >= 11 is 13.3. The van der Waals surface area contributed by atoms with E-state index in [2.05, 4.69) is 15.5 Å². The van der Waals surface area contributed by atoms with Crippen LogP contribution >= 0.6 is 35.0 Å². The predicted molar refractivity (Wildman–Crippen MR) is 129 cm³/mol. The molecule has 1 aromatic heterocycles. The Morgan fingerprint density at radius 1 is 0.938 bits per heavy atom. The third kappa shape index (κ3) is 5.24. The number of hydrogen-bond donors (Lipinski definition) is 1. The number of rotatable bonds is 7. The van der Waals surface area contributed by atoms with Crippen molar-refractivity contribution in [3.05, 3.63) is 82.8 Å². The highest BCUT2D eigenvalue weighted by Crippen LogP contribution is 2.29. The summed E-state index contributed by atoms with van der Waals surface area (Å²) in [5.41, 5.74) is 2.38. The van der Waals surface area contributed by atoms with Crippen molar-refractivity contribution < 1.29 is 9.53 Å². The maximum absolute atomic E-state index is 12.5. The van der Waals surface area contributed by atoms with E-state index < -0.39 is 0 Å². The summed E-state index contributed by atoms with van der Waals surface area (Å²) in [6.07, 6.45) is 0. The van der Waals surface area contributed by atoms with Crippen LogP contribution in [0.2, 0.25) is 10.0 Å². The average Bonchev–Trinajstić information content (AvgIpc) is 3.24. The van der Waals surface area contributed by atoms with Crippen LogP contribution in [-0.2, 0) is 4.79 Å². The summed E-state index contributed by atoms with van der Waals surface area (Å²) in [5, 5.41) is 13.4. The fourth-order valence-electron chi connectivity index (χ4n) is 2.97. The maximum Gasteiger partial charge on any atom is 0.234 e. The van der Waals surface area contributed by atoms with Gasteiger partial charge in [-0.05, 0) is 72.8 Å². The van der Waals surface area contributed by atoms with Crippen molar-refractivity contribution in [1.82, 2.24) is 14.8 Å². The number of nitrogens with zero attached hydrogens (tertiary/aromatic N) is 3. The molecule has 0 saturated carbocycles. The Hall–Kier alpha value is -3.00. The van der Waals surface area contributed by atoms with Crippen molar-refractivity contribution in [2.75, 3.05) is 18.2 Å². The Morgan fingerprint density at radius 2 is 1.56 bits per heavy atom. The molecule has 1 amide bonds. The van der Waals surface area contributed by atoms with Gasteiger partial charge in [-0.2, -0.15) is 0 Å². The molecule has 0 saturated heterocycles. The predicted octanol–water partition coefficient (Wildman–Crippen LogP) is 5.98. The first-order valence-corrected chi connectivity index (χ1v) is 11.3. The van der Waals surface area contributed by atoms with E-state index in [0.29, 0.717) is 26.7 Å². The molecule has 1 N–H and O–H groups in total. The molecule has 0 aliphatic rings. The van der Waals surface area contributed by atoms with Crippen molar-refractivity contribution in [3.8, 4) is 22.8 Å². The number of anilines is 1. The minimum Gasteiger partial charge on any atom is -0.497 e. The van der Waals surface area contributed by atoms with Crippen LogP contribution in [0.25, 0.3) is 17.1 Å². The molecule has 0 unspecified atom stereocenters. The van der Waals surface area contributed by atoms with Crippen LogP contribution in [0.1, 0.15) is 0 Å². The SMILES string of the molecule is COc1ccc(-c2nnc(SCC(=O)Nc3ccc(Cl)cc3)n2-c2ccc(Cl)cc2)cc1. The highest BCUT2D eigenvalue weighted by atomic mass is 35.5. The molecular formula is C23H18Cl2N4O2S. The molecule has 4 rings (SSSR count). The van der Waals surface area contributed by atoms with Crippen molar-refractivity contribution in [2.24, 2.45) is 0 Å². The summed E-state index contributed by atoms with van der Waals surface area (Å²) in [6, 6.07) is 21.9. The lowest BCUT2D eigenvalue weighted by atomic mass is 10.2. The average molecular weight is 485 g/mol. The van der Waals surface area contributed by atoms with Crippen LogP contribution in [0.15, 0.2) is 78.0 Å². The van der Waals surface area contributed by atoms with Gasteiger partial charge < -0.3 is 10.1 Å². The smallest absolute Gasteiger partial charge is 0.234 e. The van der Waals surface area contributed by atoms with Crippen LogP contribution in [0, 0.1) is 0 Å². The lowest BCUT2D eigenvalue weighted by Crippen LogP contribution is -2.14. The third-order valence-corrected chi connectivity index (χ3v) is 5.96. The first kappa shape index (κ1) is 22.2. The number of methoxy groups -OCH3 is 1. The molecule has 0 bridgehead atoms. The molecule has 0 radical (unpaired) electrons. The van der Waals surface area contributed by atoms with E-state index in [-0.39, 0.29) is 11.7 Å². The Labute approximate surface area is 199 Å². The number of carbonyl (C=O) groups excluding carboxylic acids is 1. The van der Waals surface area contributed by atoms with Gasteiger partial charge in [0.15, 0.2) is 11.0 Å². The zero-order valence-electron chi connectivity index (χ0n) is 17.0. The minimum atomic E-state index is -0.158. The second-order valence-corrected chi connectivity index (χ2v) is 8.51. The molecule has 0 aliphatic carbocycles. The molecule has 0 fully saturated rings. The largest absolute Gasteiger partial charge is 0.497 e. The van der Waals surface area contributed by atoms with Crippen LogP contribution in [0.4, 0.5) is 5.69 Å². The van der Waals surface area contributed by atoms with Crippen molar-refractivity contribution >= 4 is 46.6 Å². The summed E-state index contributed by atoms with van der Waals surface area (Å²) in [5.74, 6) is 1.40. The number of amides is 1. The van der Waals surface area contributed by atoms with Gasteiger partial charge in [0.05, 0.1) is 12.9 Å². The van der Waals surface area contributed by atoms with Crippen LogP contribution in [-0.4, -0.2) is 33.5 Å². The molecule has 0 atom stereocenters. The summed E-state index contributed by atoms with van der Waals surface area (Å²) in [7, 11) is 1.62. The lowest BCUT2D eigenvalue weighted by molar-refractivity contribution is -0.113. The quantitative estimate of drug-likeness (QED) is 0.326. The van der Waals surface area contributed by atoms with E-state index in [4.69, 9.17) is 27.9 Å². The second-order valence-electron chi connectivity index (χ2n) is 6.69. The van der Waals surface area contributed by atoms with E-state index in [1.165, 1.54) is 11.8 Å². The van der Waals surface area contributed by atoms with E-state index in [1.807, 2.05) is 41.0 Å². The Morgan fingerprint density at radius 3 is 2.19 bits per heavy atom. The summed E-state index contributed by atoms with van der Waals surface area (Å²) < 4.78 is 7.15. The van der Waals surface area contributed by atoms with E-state index in [0.717, 1.165) is 17.0 Å². The maximum atomic E-state index is 12.5. The molecule has 3 aromatic carbocycles. The number of nitrogens with one attached hydrogen (secondary N) is 1. The highest BCUT2D eigenvalue weighted by molar-refractivity contribution is 7.99. The molecule has 1 heterocycles. The van der Waals surface area contributed by atoms with Gasteiger partial charge >= 0.3 is 0 Å². The molecule has 0 spiro atoms. The second kappa shape index (κ2) is 10.1. The van der Waals surface area contributed by atoms with E-state index in [9.17, 15) is 4.79 Å². The molecule has 0 aliphatic heterocycles.